The van der Waals surface area contributed by atoms with Crippen molar-refractivity contribution in [3.05, 3.63) is 0 Å². The van der Waals surface area contributed by atoms with E-state index in [-0.39, 0.29) is 24.7 Å². The van der Waals surface area contributed by atoms with E-state index in [9.17, 15) is 30.7 Å². The summed E-state index contributed by atoms with van der Waals surface area (Å²) in [6, 6.07) is 0. The van der Waals surface area contributed by atoms with Crippen LogP contribution in [0.1, 0.15) is 51.4 Å². The lowest BCUT2D eigenvalue weighted by Gasteiger charge is -2.45. The molecule has 0 aromatic heterocycles. The summed E-state index contributed by atoms with van der Waals surface area (Å²) in [7, 11) is 0. The zero-order valence-corrected chi connectivity index (χ0v) is 14.7. The fraction of sp³-hybridized carbons (Fsp3) is 1.00. The van der Waals surface area contributed by atoms with Gasteiger partial charge in [-0.3, -0.25) is 0 Å². The minimum atomic E-state index is -3.11. The highest BCUT2D eigenvalue weighted by atomic mass is 19.3. The number of hydrogen-bond acceptors (Lipinski definition) is 0. The van der Waals surface area contributed by atoms with Crippen LogP contribution in [-0.2, 0) is 0 Å². The van der Waals surface area contributed by atoms with E-state index in [1.807, 2.05) is 0 Å². The summed E-state index contributed by atoms with van der Waals surface area (Å²) < 4.78 is 96.4. The SMILES string of the molecule is FC1CCC(C2CC(F)C(C3CC(F)C(C(F)F)C(F)C3)C(F)C2)CC1. The van der Waals surface area contributed by atoms with Gasteiger partial charge in [-0.15, -0.1) is 0 Å². The van der Waals surface area contributed by atoms with Crippen LogP contribution in [-0.4, -0.2) is 37.3 Å². The highest BCUT2D eigenvalue weighted by Gasteiger charge is 2.51. The van der Waals surface area contributed by atoms with Crippen LogP contribution in [0.5, 0.6) is 0 Å². The molecule has 152 valence electrons. The van der Waals surface area contributed by atoms with Crippen molar-refractivity contribution in [2.45, 2.75) is 88.7 Å². The third-order valence-corrected chi connectivity index (χ3v) is 6.99. The molecule has 0 bridgehead atoms. The first-order valence-electron chi connectivity index (χ1n) is 9.76. The molecule has 3 aliphatic carbocycles. The Kier molecular flexibility index (Phi) is 6.43. The van der Waals surface area contributed by atoms with Gasteiger partial charge in [-0.25, -0.2) is 30.7 Å². The van der Waals surface area contributed by atoms with Gasteiger partial charge in [-0.05, 0) is 69.1 Å². The van der Waals surface area contributed by atoms with E-state index in [2.05, 4.69) is 0 Å². The average Bonchev–Trinajstić information content (AvgIpc) is 2.53. The fourth-order valence-electron chi connectivity index (χ4n) is 5.59. The minimum absolute atomic E-state index is 0.0943. The van der Waals surface area contributed by atoms with Crippen LogP contribution in [0.25, 0.3) is 0 Å². The number of rotatable bonds is 3. The van der Waals surface area contributed by atoms with Crippen molar-refractivity contribution in [2.75, 3.05) is 0 Å². The van der Waals surface area contributed by atoms with Gasteiger partial charge >= 0.3 is 0 Å². The molecule has 26 heavy (non-hydrogen) atoms. The minimum Gasteiger partial charge on any atom is -0.247 e. The summed E-state index contributed by atoms with van der Waals surface area (Å²) >= 11 is 0. The smallest absolute Gasteiger partial charge is 0.247 e. The largest absolute Gasteiger partial charge is 0.247 e. The molecule has 0 saturated heterocycles. The topological polar surface area (TPSA) is 0 Å². The van der Waals surface area contributed by atoms with Crippen LogP contribution in [0.3, 0.4) is 0 Å². The van der Waals surface area contributed by atoms with Gasteiger partial charge in [0.2, 0.25) is 6.43 Å². The second kappa shape index (κ2) is 8.26. The quantitative estimate of drug-likeness (QED) is 0.506. The monoisotopic (exact) mass is 388 g/mol. The van der Waals surface area contributed by atoms with Gasteiger partial charge < -0.3 is 0 Å². The third-order valence-electron chi connectivity index (χ3n) is 6.99. The second-order valence-electron chi connectivity index (χ2n) is 8.53. The van der Waals surface area contributed by atoms with Crippen molar-refractivity contribution in [3.8, 4) is 0 Å². The molecule has 0 N–H and O–H groups in total. The van der Waals surface area contributed by atoms with Crippen LogP contribution in [0, 0.1) is 29.6 Å². The molecule has 3 fully saturated rings. The van der Waals surface area contributed by atoms with Crippen LogP contribution in [0.4, 0.5) is 30.7 Å². The maximum absolute atomic E-state index is 14.8. The van der Waals surface area contributed by atoms with Crippen molar-refractivity contribution in [2.24, 2.45) is 29.6 Å². The van der Waals surface area contributed by atoms with E-state index in [1.54, 1.807) is 0 Å². The van der Waals surface area contributed by atoms with E-state index in [0.717, 1.165) is 0 Å². The van der Waals surface area contributed by atoms with Crippen molar-refractivity contribution in [3.63, 3.8) is 0 Å². The molecule has 0 nitrogen and oxygen atoms in total. The molecule has 0 spiro atoms. The van der Waals surface area contributed by atoms with Gasteiger partial charge in [0.05, 0.1) is 5.92 Å². The number of hydrogen-bond donors (Lipinski definition) is 0. The molecule has 0 aromatic carbocycles. The molecule has 0 aromatic rings. The van der Waals surface area contributed by atoms with Crippen LogP contribution in [0.15, 0.2) is 0 Å². The first kappa shape index (κ1) is 20.2. The summed E-state index contributed by atoms with van der Waals surface area (Å²) in [5.74, 6) is -4.09. The van der Waals surface area contributed by atoms with Gasteiger partial charge in [0.1, 0.15) is 30.9 Å². The van der Waals surface area contributed by atoms with Gasteiger partial charge in [0.25, 0.3) is 0 Å². The Labute approximate surface area is 149 Å². The van der Waals surface area contributed by atoms with E-state index in [0.29, 0.717) is 25.7 Å². The third kappa shape index (κ3) is 4.16. The summed E-state index contributed by atoms with van der Waals surface area (Å²) in [5.41, 5.74) is 0. The zero-order chi connectivity index (χ0) is 19.0. The highest BCUT2D eigenvalue weighted by Crippen LogP contribution is 2.49. The Morgan fingerprint density at radius 3 is 1.46 bits per heavy atom. The lowest BCUT2D eigenvalue weighted by atomic mass is 9.63. The normalized spacial score (nSPS) is 50.8. The summed E-state index contributed by atoms with van der Waals surface area (Å²) in [5, 5.41) is 0. The predicted molar refractivity (Wildman–Crippen MR) is 84.9 cm³/mol. The molecular weight excluding hydrogens is 361 g/mol. The maximum atomic E-state index is 14.8. The first-order valence-corrected chi connectivity index (χ1v) is 9.76. The fourth-order valence-corrected chi connectivity index (χ4v) is 5.59. The van der Waals surface area contributed by atoms with Crippen molar-refractivity contribution >= 4 is 0 Å². The maximum Gasteiger partial charge on any atom is 0.247 e. The molecule has 3 rings (SSSR count). The Hall–Kier alpha value is -0.490. The summed E-state index contributed by atoms with van der Waals surface area (Å²) in [6.45, 7) is 0. The molecule has 7 heteroatoms. The van der Waals surface area contributed by atoms with E-state index < -0.39 is 67.9 Å². The molecule has 3 saturated carbocycles. The van der Waals surface area contributed by atoms with Gasteiger partial charge in [0, 0.05) is 5.92 Å². The summed E-state index contributed by atoms with van der Waals surface area (Å²) in [4.78, 5) is 0. The number of halogens is 7. The molecule has 4 atom stereocenters. The molecule has 0 heterocycles. The Bertz CT molecular complexity index is 427. The highest BCUT2D eigenvalue weighted by molar-refractivity contribution is 4.98. The lowest BCUT2D eigenvalue weighted by molar-refractivity contribution is -0.0872. The zero-order valence-electron chi connectivity index (χ0n) is 14.7. The molecule has 3 aliphatic rings. The first-order chi connectivity index (χ1) is 12.3. The van der Waals surface area contributed by atoms with E-state index >= 15 is 0 Å². The van der Waals surface area contributed by atoms with Crippen LogP contribution in [0.2, 0.25) is 0 Å². The van der Waals surface area contributed by atoms with E-state index in [1.165, 1.54) is 0 Å². The van der Waals surface area contributed by atoms with Gasteiger partial charge in [-0.1, -0.05) is 0 Å². The molecular formula is C19H27F7. The lowest BCUT2D eigenvalue weighted by Crippen LogP contribution is -2.48. The van der Waals surface area contributed by atoms with E-state index in [4.69, 9.17) is 0 Å². The Morgan fingerprint density at radius 2 is 1.00 bits per heavy atom. The van der Waals surface area contributed by atoms with Gasteiger partial charge in [0.15, 0.2) is 0 Å². The average molecular weight is 388 g/mol. The van der Waals surface area contributed by atoms with Crippen molar-refractivity contribution < 1.29 is 30.7 Å². The molecule has 0 amide bonds. The Morgan fingerprint density at radius 1 is 0.538 bits per heavy atom. The second-order valence-corrected chi connectivity index (χ2v) is 8.53. The number of alkyl halides is 7. The van der Waals surface area contributed by atoms with Crippen LogP contribution >= 0.6 is 0 Å². The molecule has 0 aliphatic heterocycles. The van der Waals surface area contributed by atoms with Crippen LogP contribution < -0.4 is 0 Å². The predicted octanol–water partition coefficient (Wildman–Crippen LogP) is 6.18. The standard InChI is InChI=1S/C19H27F7/c20-12-3-1-9(2-4-12)10-5-13(21)17(14(22)6-10)11-7-15(23)18(19(25)26)16(24)8-11/h9-19H,1-8H2. The molecule has 4 unspecified atom stereocenters. The van der Waals surface area contributed by atoms with Gasteiger partial charge in [-0.2, -0.15) is 0 Å². The van der Waals surface area contributed by atoms with Crippen molar-refractivity contribution in [1.82, 2.24) is 0 Å². The Balaban J connectivity index is 1.62. The van der Waals surface area contributed by atoms with Crippen molar-refractivity contribution in [1.29, 1.82) is 0 Å². The molecule has 0 radical (unpaired) electrons. The summed E-state index contributed by atoms with van der Waals surface area (Å²) in [6.07, 6.45) is -9.63.